The van der Waals surface area contributed by atoms with Gasteiger partial charge in [-0.2, -0.15) is 4.31 Å². The van der Waals surface area contributed by atoms with Gasteiger partial charge < -0.3 is 20.3 Å². The molecule has 3 rings (SSSR count). The first-order valence-electron chi connectivity index (χ1n) is 12.7. The molecule has 204 valence electrons. The van der Waals surface area contributed by atoms with E-state index in [1.165, 1.54) is 35.7 Å². The zero-order valence-corrected chi connectivity index (χ0v) is 22.6. The number of carbonyl (C=O) groups is 1. The molecule has 38 heavy (non-hydrogen) atoms. The van der Waals surface area contributed by atoms with E-state index in [9.17, 15) is 23.4 Å². The molecule has 0 heterocycles. The lowest BCUT2D eigenvalue weighted by Gasteiger charge is -2.30. The molecule has 0 fully saturated rings. The maximum atomic E-state index is 13.6. The van der Waals surface area contributed by atoms with Crippen molar-refractivity contribution in [2.45, 2.75) is 49.6 Å². The highest BCUT2D eigenvalue weighted by molar-refractivity contribution is 7.89. The number of sulfonamides is 1. The number of phenols is 1. The topological polar surface area (TPSA) is 116 Å². The van der Waals surface area contributed by atoms with E-state index in [2.05, 4.69) is 5.32 Å². The van der Waals surface area contributed by atoms with Gasteiger partial charge in [-0.15, -0.1) is 0 Å². The number of aromatic hydroxyl groups is 1. The second-order valence-corrected chi connectivity index (χ2v) is 11.1. The molecule has 0 spiro atoms. The molecule has 3 N–H and O–H groups in total. The van der Waals surface area contributed by atoms with Crippen molar-refractivity contribution in [2.75, 3.05) is 20.2 Å². The van der Waals surface area contributed by atoms with E-state index in [1.54, 1.807) is 24.3 Å². The highest BCUT2D eigenvalue weighted by Gasteiger charge is 2.31. The number of aliphatic hydroxyl groups is 1. The number of benzene rings is 3. The van der Waals surface area contributed by atoms with Gasteiger partial charge in [-0.3, -0.25) is 4.79 Å². The van der Waals surface area contributed by atoms with Crippen LogP contribution in [0.5, 0.6) is 11.5 Å². The molecule has 0 aliphatic carbocycles. The van der Waals surface area contributed by atoms with Crippen LogP contribution in [-0.2, 0) is 16.4 Å². The Morgan fingerprint density at radius 2 is 1.71 bits per heavy atom. The highest BCUT2D eigenvalue weighted by atomic mass is 32.2. The minimum atomic E-state index is -3.92. The molecule has 3 aromatic carbocycles. The van der Waals surface area contributed by atoms with E-state index >= 15 is 0 Å². The van der Waals surface area contributed by atoms with Crippen LogP contribution in [0.2, 0.25) is 0 Å². The predicted molar refractivity (Wildman–Crippen MR) is 147 cm³/mol. The lowest BCUT2D eigenvalue weighted by molar-refractivity contribution is 0.0782. The Bertz CT molecular complexity index is 1270. The summed E-state index contributed by atoms with van der Waals surface area (Å²) >= 11 is 0. The third-order valence-electron chi connectivity index (χ3n) is 6.29. The number of amides is 1. The largest absolute Gasteiger partial charge is 0.508 e. The third-order valence-corrected chi connectivity index (χ3v) is 8.17. The first-order chi connectivity index (χ1) is 18.2. The summed E-state index contributed by atoms with van der Waals surface area (Å²) < 4.78 is 33.6. The number of ether oxygens (including phenoxy) is 1. The van der Waals surface area contributed by atoms with Gasteiger partial charge in [-0.25, -0.2) is 8.42 Å². The summed E-state index contributed by atoms with van der Waals surface area (Å²) in [6, 6.07) is 20.6. The van der Waals surface area contributed by atoms with Crippen LogP contribution in [0.25, 0.3) is 0 Å². The maximum absolute atomic E-state index is 13.6. The van der Waals surface area contributed by atoms with E-state index in [0.717, 1.165) is 18.4 Å². The fourth-order valence-electron chi connectivity index (χ4n) is 4.13. The van der Waals surface area contributed by atoms with E-state index in [4.69, 9.17) is 4.74 Å². The zero-order chi connectivity index (χ0) is 27.5. The molecule has 8 nitrogen and oxygen atoms in total. The van der Waals surface area contributed by atoms with Crippen LogP contribution in [0.4, 0.5) is 0 Å². The number of carbonyl (C=O) groups excluding carboxylic acids is 1. The predicted octanol–water partition coefficient (Wildman–Crippen LogP) is 3.98. The van der Waals surface area contributed by atoms with E-state index in [0.29, 0.717) is 12.2 Å². The lowest BCUT2D eigenvalue weighted by Crippen LogP contribution is -2.50. The molecular formula is C29H36N2O6S. The normalized spacial score (nSPS) is 13.2. The number of aliphatic hydroxyl groups excluding tert-OH is 1. The number of hydrogen-bond donors (Lipinski definition) is 3. The molecule has 1 amide bonds. The summed E-state index contributed by atoms with van der Waals surface area (Å²) in [5.41, 5.74) is 1.12. The van der Waals surface area contributed by atoms with E-state index in [-0.39, 0.29) is 35.7 Å². The van der Waals surface area contributed by atoms with Crippen molar-refractivity contribution in [1.82, 2.24) is 9.62 Å². The van der Waals surface area contributed by atoms with Crippen molar-refractivity contribution in [3.63, 3.8) is 0 Å². The Balaban J connectivity index is 1.87. The number of nitrogens with zero attached hydrogens (tertiary/aromatic N) is 1. The van der Waals surface area contributed by atoms with Gasteiger partial charge in [0.2, 0.25) is 10.0 Å². The van der Waals surface area contributed by atoms with Gasteiger partial charge in [0, 0.05) is 18.7 Å². The number of nitrogens with one attached hydrogen (secondary N) is 1. The van der Waals surface area contributed by atoms with Gasteiger partial charge in [-0.05, 0) is 60.9 Å². The molecule has 0 saturated heterocycles. The van der Waals surface area contributed by atoms with Crippen LogP contribution in [0.1, 0.15) is 42.1 Å². The summed E-state index contributed by atoms with van der Waals surface area (Å²) in [7, 11) is -2.41. The molecular weight excluding hydrogens is 504 g/mol. The summed E-state index contributed by atoms with van der Waals surface area (Å²) in [6.45, 7) is 2.07. The van der Waals surface area contributed by atoms with Crippen LogP contribution in [-0.4, -0.2) is 61.2 Å². The molecule has 0 aromatic heterocycles. The molecule has 0 radical (unpaired) electrons. The first-order valence-corrected chi connectivity index (χ1v) is 14.1. The van der Waals surface area contributed by atoms with Crippen molar-refractivity contribution in [3.8, 4) is 11.5 Å². The SMILES string of the molecule is CCCCCN(C[C@@H](O)[C@H](Cc1ccccc1)NC(=O)c1cccc(O)c1)S(=O)(=O)c1ccc(OC)cc1. The summed E-state index contributed by atoms with van der Waals surface area (Å²) in [6.07, 6.45) is 1.48. The highest BCUT2D eigenvalue weighted by Crippen LogP contribution is 2.22. The summed E-state index contributed by atoms with van der Waals surface area (Å²) in [4.78, 5) is 13.1. The average molecular weight is 541 g/mol. The van der Waals surface area contributed by atoms with Crippen molar-refractivity contribution in [1.29, 1.82) is 0 Å². The number of rotatable bonds is 14. The molecule has 2 atom stereocenters. The summed E-state index contributed by atoms with van der Waals surface area (Å²) in [5.74, 6) is 0.0148. The van der Waals surface area contributed by atoms with E-state index in [1.807, 2.05) is 37.3 Å². The number of hydrogen-bond acceptors (Lipinski definition) is 6. The minimum Gasteiger partial charge on any atom is -0.508 e. The van der Waals surface area contributed by atoms with Gasteiger partial charge in [0.25, 0.3) is 5.91 Å². The van der Waals surface area contributed by atoms with Gasteiger partial charge in [0.1, 0.15) is 11.5 Å². The Labute approximate surface area is 224 Å². The van der Waals surface area contributed by atoms with Gasteiger partial charge >= 0.3 is 0 Å². The standard InChI is InChI=1S/C29H36N2O6S/c1-3-4-8-18-31(38(35,36)26-16-14-25(37-2)15-17-26)21-28(33)27(19-22-10-6-5-7-11-22)30-29(34)23-12-9-13-24(32)20-23/h5-7,9-17,20,27-28,32-33H,3-4,8,18-19,21H2,1-2H3,(H,30,34)/t27-,28+/m0/s1. The fraction of sp³-hybridized carbons (Fsp3) is 0.345. The third kappa shape index (κ3) is 8.05. The van der Waals surface area contributed by atoms with Gasteiger partial charge in [0.05, 0.1) is 24.2 Å². The van der Waals surface area contributed by atoms with E-state index < -0.39 is 28.1 Å². The Morgan fingerprint density at radius 3 is 2.34 bits per heavy atom. The second kappa shape index (κ2) is 13.9. The van der Waals surface area contributed by atoms with Crippen LogP contribution in [0, 0.1) is 0 Å². The molecule has 3 aromatic rings. The van der Waals surface area contributed by atoms with Gasteiger partial charge in [0.15, 0.2) is 0 Å². The Kier molecular flexibility index (Phi) is 10.7. The Morgan fingerprint density at radius 1 is 1.00 bits per heavy atom. The molecule has 0 saturated carbocycles. The van der Waals surface area contributed by atoms with Crippen LogP contribution >= 0.6 is 0 Å². The second-order valence-electron chi connectivity index (χ2n) is 9.13. The molecule has 0 unspecified atom stereocenters. The maximum Gasteiger partial charge on any atom is 0.251 e. The Hall–Kier alpha value is -3.40. The smallest absolute Gasteiger partial charge is 0.251 e. The molecule has 0 bridgehead atoms. The van der Waals surface area contributed by atoms with Crippen LogP contribution in [0.3, 0.4) is 0 Å². The monoisotopic (exact) mass is 540 g/mol. The van der Waals surface area contributed by atoms with Crippen LogP contribution in [0.15, 0.2) is 83.8 Å². The quantitative estimate of drug-likeness (QED) is 0.266. The van der Waals surface area contributed by atoms with Gasteiger partial charge in [-0.1, -0.05) is 56.2 Å². The summed E-state index contributed by atoms with van der Waals surface area (Å²) in [5, 5.41) is 24.0. The molecule has 9 heteroatoms. The molecule has 0 aliphatic heterocycles. The minimum absolute atomic E-state index is 0.0505. The average Bonchev–Trinajstić information content (AvgIpc) is 2.92. The molecule has 0 aliphatic rings. The van der Waals surface area contributed by atoms with Crippen molar-refractivity contribution < 1.29 is 28.2 Å². The van der Waals surface area contributed by atoms with Crippen molar-refractivity contribution in [3.05, 3.63) is 90.0 Å². The zero-order valence-electron chi connectivity index (χ0n) is 21.8. The lowest BCUT2D eigenvalue weighted by atomic mass is 10.0. The number of phenolic OH excluding ortho intramolecular Hbond substituents is 1. The number of unbranched alkanes of at least 4 members (excludes halogenated alkanes) is 2. The number of methoxy groups -OCH3 is 1. The van der Waals surface area contributed by atoms with Crippen molar-refractivity contribution in [2.24, 2.45) is 0 Å². The van der Waals surface area contributed by atoms with Crippen LogP contribution < -0.4 is 10.1 Å². The van der Waals surface area contributed by atoms with Crippen molar-refractivity contribution >= 4 is 15.9 Å². The first kappa shape index (κ1) is 29.2. The fourth-order valence-corrected chi connectivity index (χ4v) is 5.63.